The molecule has 9 nitrogen and oxygen atoms in total. The van der Waals surface area contributed by atoms with Crippen molar-refractivity contribution in [3.8, 4) is 16.2 Å². The summed E-state index contributed by atoms with van der Waals surface area (Å²) in [6.45, 7) is 4.10. The van der Waals surface area contributed by atoms with Crippen LogP contribution in [0.2, 0.25) is 0 Å². The van der Waals surface area contributed by atoms with E-state index in [0.717, 1.165) is 32.2 Å². The molecular formula is C23H25N5O4S. The van der Waals surface area contributed by atoms with E-state index in [1.807, 2.05) is 24.3 Å². The van der Waals surface area contributed by atoms with Crippen LogP contribution < -0.4 is 9.64 Å². The first-order valence-corrected chi connectivity index (χ1v) is 11.8. The summed E-state index contributed by atoms with van der Waals surface area (Å²) >= 11 is 1.65. The number of anilines is 1. The third-order valence-corrected chi connectivity index (χ3v) is 7.18. The Morgan fingerprint density at radius 2 is 1.61 bits per heavy atom. The highest BCUT2D eigenvalue weighted by atomic mass is 32.1. The predicted octanol–water partition coefficient (Wildman–Crippen LogP) is 1.87. The van der Waals surface area contributed by atoms with Crippen LogP contribution in [0.15, 0.2) is 36.7 Å². The molecule has 2 aliphatic rings. The molecule has 4 heterocycles. The molecule has 2 amide bonds. The smallest absolute Gasteiger partial charge is 0.312 e. The molecule has 0 radical (unpaired) electrons. The minimum absolute atomic E-state index is 0.428. The maximum absolute atomic E-state index is 12.7. The van der Waals surface area contributed by atoms with Crippen molar-refractivity contribution in [2.75, 3.05) is 64.5 Å². The molecule has 1 aromatic carbocycles. The van der Waals surface area contributed by atoms with Crippen LogP contribution in [-0.4, -0.2) is 91.2 Å². The van der Waals surface area contributed by atoms with Crippen molar-refractivity contribution in [1.82, 2.24) is 19.8 Å². The van der Waals surface area contributed by atoms with E-state index in [9.17, 15) is 9.59 Å². The first-order valence-electron chi connectivity index (χ1n) is 10.9. The van der Waals surface area contributed by atoms with Gasteiger partial charge in [-0.15, -0.1) is 11.3 Å². The Morgan fingerprint density at radius 3 is 2.27 bits per heavy atom. The molecule has 172 valence electrons. The van der Waals surface area contributed by atoms with Gasteiger partial charge in [-0.25, -0.2) is 9.97 Å². The molecular weight excluding hydrogens is 442 g/mol. The van der Waals surface area contributed by atoms with Crippen molar-refractivity contribution < 1.29 is 19.1 Å². The summed E-state index contributed by atoms with van der Waals surface area (Å²) in [5, 5.41) is 0. The molecule has 0 bridgehead atoms. The van der Waals surface area contributed by atoms with Crippen LogP contribution in [0.5, 0.6) is 5.75 Å². The molecule has 33 heavy (non-hydrogen) atoms. The topological polar surface area (TPSA) is 88.1 Å². The monoisotopic (exact) mass is 467 g/mol. The Kier molecular flexibility index (Phi) is 6.10. The Balaban J connectivity index is 1.29. The highest BCUT2D eigenvalue weighted by molar-refractivity contribution is 7.22. The second-order valence-electron chi connectivity index (χ2n) is 7.93. The van der Waals surface area contributed by atoms with E-state index >= 15 is 0 Å². The molecule has 2 aromatic heterocycles. The maximum Gasteiger partial charge on any atom is 0.312 e. The summed E-state index contributed by atoms with van der Waals surface area (Å²) < 4.78 is 11.5. The lowest BCUT2D eigenvalue weighted by Gasteiger charge is -2.36. The number of methoxy groups -OCH3 is 1. The van der Waals surface area contributed by atoms with Gasteiger partial charge in [-0.3, -0.25) is 9.59 Å². The second-order valence-corrected chi connectivity index (χ2v) is 8.99. The number of ether oxygens (including phenoxy) is 2. The zero-order valence-corrected chi connectivity index (χ0v) is 19.2. The largest absolute Gasteiger partial charge is 0.497 e. The molecule has 0 atom stereocenters. The van der Waals surface area contributed by atoms with E-state index in [4.69, 9.17) is 9.47 Å². The Hall–Kier alpha value is -3.24. The van der Waals surface area contributed by atoms with Gasteiger partial charge >= 0.3 is 11.8 Å². The zero-order valence-electron chi connectivity index (χ0n) is 18.4. The molecule has 2 aliphatic heterocycles. The van der Waals surface area contributed by atoms with Gasteiger partial charge < -0.3 is 24.2 Å². The van der Waals surface area contributed by atoms with E-state index in [2.05, 4.69) is 20.9 Å². The minimum Gasteiger partial charge on any atom is -0.497 e. The number of hydrogen-bond donors (Lipinski definition) is 0. The van der Waals surface area contributed by atoms with Crippen molar-refractivity contribution >= 4 is 39.2 Å². The molecule has 0 unspecified atom stereocenters. The van der Waals surface area contributed by atoms with Crippen molar-refractivity contribution in [2.24, 2.45) is 0 Å². The number of carbonyl (C=O) groups excluding carboxylic acids is 2. The molecule has 2 saturated heterocycles. The predicted molar refractivity (Wildman–Crippen MR) is 126 cm³/mol. The van der Waals surface area contributed by atoms with Crippen molar-refractivity contribution in [1.29, 1.82) is 0 Å². The zero-order chi connectivity index (χ0) is 22.8. The molecule has 0 aliphatic carbocycles. The molecule has 0 saturated carbocycles. The van der Waals surface area contributed by atoms with Crippen molar-refractivity contribution in [3.63, 3.8) is 0 Å². The van der Waals surface area contributed by atoms with Crippen molar-refractivity contribution in [2.45, 2.75) is 0 Å². The average Bonchev–Trinajstić information content (AvgIpc) is 3.33. The summed E-state index contributed by atoms with van der Waals surface area (Å²) in [5.41, 5.74) is 2.00. The van der Waals surface area contributed by atoms with Gasteiger partial charge in [-0.2, -0.15) is 0 Å². The summed E-state index contributed by atoms with van der Waals surface area (Å²) in [5.74, 6) is 0.831. The number of nitrogens with zero attached hydrogens (tertiary/aromatic N) is 5. The van der Waals surface area contributed by atoms with Crippen LogP contribution >= 0.6 is 11.3 Å². The van der Waals surface area contributed by atoms with Crippen LogP contribution in [0, 0.1) is 0 Å². The van der Waals surface area contributed by atoms with Gasteiger partial charge in [-0.05, 0) is 35.9 Å². The number of benzene rings is 1. The lowest BCUT2D eigenvalue weighted by Crippen LogP contribution is -2.54. The third-order valence-electron chi connectivity index (χ3n) is 6.01. The van der Waals surface area contributed by atoms with Gasteiger partial charge in [0.2, 0.25) is 0 Å². The van der Waals surface area contributed by atoms with Crippen LogP contribution in [0.25, 0.3) is 20.7 Å². The number of aromatic nitrogens is 2. The number of morpholine rings is 1. The summed E-state index contributed by atoms with van der Waals surface area (Å²) in [6.07, 6.45) is 1.58. The number of hydrogen-bond acceptors (Lipinski definition) is 8. The van der Waals surface area contributed by atoms with E-state index in [-0.39, 0.29) is 0 Å². The van der Waals surface area contributed by atoms with Gasteiger partial charge in [0.15, 0.2) is 0 Å². The normalized spacial score (nSPS) is 16.8. The maximum atomic E-state index is 12.7. The quantitative estimate of drug-likeness (QED) is 0.544. The number of amides is 2. The average molecular weight is 468 g/mol. The molecule has 5 rings (SSSR count). The van der Waals surface area contributed by atoms with Crippen LogP contribution in [0.4, 0.5) is 5.82 Å². The SMILES string of the molecule is COc1ccc(-c2cc3ncnc(N4CCN(C(=O)C(=O)N5CCOCC5)CC4)c3s2)cc1. The van der Waals surface area contributed by atoms with Crippen LogP contribution in [0.1, 0.15) is 0 Å². The number of piperazine rings is 1. The van der Waals surface area contributed by atoms with E-state index in [1.54, 1.807) is 34.6 Å². The number of thiophene rings is 1. The van der Waals surface area contributed by atoms with Gasteiger partial charge in [0.1, 0.15) is 17.9 Å². The molecule has 0 spiro atoms. The first-order chi connectivity index (χ1) is 16.1. The van der Waals surface area contributed by atoms with Gasteiger partial charge in [0.05, 0.1) is 30.5 Å². The van der Waals surface area contributed by atoms with E-state index in [1.165, 1.54) is 0 Å². The first kappa shape index (κ1) is 21.6. The van der Waals surface area contributed by atoms with E-state index < -0.39 is 11.8 Å². The Morgan fingerprint density at radius 1 is 0.939 bits per heavy atom. The van der Waals surface area contributed by atoms with Gasteiger partial charge in [0.25, 0.3) is 0 Å². The fourth-order valence-corrected chi connectivity index (χ4v) is 5.26. The molecule has 10 heteroatoms. The molecule has 3 aromatic rings. The van der Waals surface area contributed by atoms with E-state index in [0.29, 0.717) is 52.5 Å². The molecule has 2 fully saturated rings. The van der Waals surface area contributed by atoms with Crippen LogP contribution in [-0.2, 0) is 14.3 Å². The Bertz CT molecular complexity index is 1150. The van der Waals surface area contributed by atoms with Crippen LogP contribution in [0.3, 0.4) is 0 Å². The molecule has 0 N–H and O–H groups in total. The summed E-state index contributed by atoms with van der Waals surface area (Å²) in [7, 11) is 1.65. The Labute approximate surface area is 195 Å². The summed E-state index contributed by atoms with van der Waals surface area (Å²) in [6, 6.07) is 10.0. The number of rotatable bonds is 3. The lowest BCUT2D eigenvalue weighted by molar-refractivity contribution is -0.154. The van der Waals surface area contributed by atoms with Crippen molar-refractivity contribution in [3.05, 3.63) is 36.7 Å². The minimum atomic E-state index is -0.432. The fraction of sp³-hybridized carbons (Fsp3) is 0.391. The number of carbonyl (C=O) groups is 2. The lowest BCUT2D eigenvalue weighted by atomic mass is 10.2. The highest BCUT2D eigenvalue weighted by Crippen LogP contribution is 2.37. The standard InChI is InChI=1S/C23H25N5O4S/c1-31-17-4-2-16(3-5-17)19-14-18-20(33-19)21(25-15-24-18)26-6-8-27(9-7-26)22(29)23(30)28-10-12-32-13-11-28/h2-5,14-15H,6-13H2,1H3. The second kappa shape index (κ2) is 9.32. The highest BCUT2D eigenvalue weighted by Gasteiger charge is 2.31. The summed E-state index contributed by atoms with van der Waals surface area (Å²) in [4.78, 5) is 40.8. The van der Waals surface area contributed by atoms with Gasteiger partial charge in [0, 0.05) is 44.1 Å². The van der Waals surface area contributed by atoms with Gasteiger partial charge in [-0.1, -0.05) is 0 Å². The number of fused-ring (bicyclic) bond motifs is 1. The fourth-order valence-electron chi connectivity index (χ4n) is 4.12. The third kappa shape index (κ3) is 4.36.